The second-order valence-corrected chi connectivity index (χ2v) is 9.89. The highest BCUT2D eigenvalue weighted by atomic mass is 16.7. The summed E-state index contributed by atoms with van der Waals surface area (Å²) in [7, 11) is 1.92. The van der Waals surface area contributed by atoms with Crippen molar-refractivity contribution < 1.29 is 43.2 Å². The lowest BCUT2D eigenvalue weighted by molar-refractivity contribution is -0.304. The third-order valence-corrected chi connectivity index (χ3v) is 6.32. The first-order valence-corrected chi connectivity index (χ1v) is 13.1. The van der Waals surface area contributed by atoms with Crippen LogP contribution < -0.4 is 16.0 Å². The summed E-state index contributed by atoms with van der Waals surface area (Å²) in [6.07, 6.45) is 2.86. The predicted octanol–water partition coefficient (Wildman–Crippen LogP) is 0.724. The first-order chi connectivity index (χ1) is 17.7. The Balaban J connectivity index is 1.65. The van der Waals surface area contributed by atoms with Crippen molar-refractivity contribution in [2.45, 2.75) is 83.3 Å². The number of ether oxygens (including phenoxy) is 4. The molecular formula is C25H43N3O9. The molecule has 2 fully saturated rings. The van der Waals surface area contributed by atoms with Gasteiger partial charge in [-0.3, -0.25) is 14.4 Å². The molecule has 2 aliphatic rings. The minimum Gasteiger partial charge on any atom is -0.481 e. The monoisotopic (exact) mass is 529 g/mol. The number of carbonyl (C=O) groups is 4. The number of carboxylic acid groups (broad SMARTS) is 1. The highest BCUT2D eigenvalue weighted by molar-refractivity contribution is 5.88. The minimum absolute atomic E-state index is 0.00107. The lowest BCUT2D eigenvalue weighted by Gasteiger charge is -2.43. The number of hydrogen-bond donors (Lipinski definition) is 4. The van der Waals surface area contributed by atoms with Gasteiger partial charge in [0.25, 0.3) is 0 Å². The van der Waals surface area contributed by atoms with E-state index in [9.17, 15) is 19.2 Å². The molecule has 0 aromatic heterocycles. The van der Waals surface area contributed by atoms with E-state index in [0.29, 0.717) is 45.8 Å². The summed E-state index contributed by atoms with van der Waals surface area (Å²) in [5.41, 5.74) is -0.295. The average Bonchev–Trinajstić information content (AvgIpc) is 2.86. The number of rotatable bonds is 17. The van der Waals surface area contributed by atoms with Gasteiger partial charge in [0.1, 0.15) is 11.8 Å². The highest BCUT2D eigenvalue weighted by Crippen LogP contribution is 2.31. The van der Waals surface area contributed by atoms with Crippen LogP contribution in [0.1, 0.15) is 64.7 Å². The van der Waals surface area contributed by atoms with Crippen LogP contribution in [0, 0.1) is 5.41 Å². The van der Waals surface area contributed by atoms with Crippen molar-refractivity contribution in [1.29, 1.82) is 0 Å². The van der Waals surface area contributed by atoms with Crippen molar-refractivity contribution in [2.75, 3.05) is 46.6 Å². The molecule has 4 N–H and O–H groups in total. The van der Waals surface area contributed by atoms with Crippen molar-refractivity contribution in [3.63, 3.8) is 0 Å². The molecule has 0 aromatic carbocycles. The number of amides is 2. The fourth-order valence-electron chi connectivity index (χ4n) is 4.09. The molecule has 212 valence electrons. The molecule has 1 atom stereocenters. The van der Waals surface area contributed by atoms with Gasteiger partial charge in [-0.2, -0.15) is 0 Å². The second kappa shape index (κ2) is 16.7. The summed E-state index contributed by atoms with van der Waals surface area (Å²) in [6, 6.07) is -0.850. The lowest BCUT2D eigenvalue weighted by atomic mass is 9.90. The fraction of sp³-hybridized carbons (Fsp3) is 0.840. The van der Waals surface area contributed by atoms with E-state index in [1.54, 1.807) is 0 Å². The molecule has 0 aromatic rings. The standard InChI is InChI=1S/C25H43N3O9/c1-18(29)10-11-19(28-20(30)6-3-7-21(31)32)24(33)27-13-5-9-23-36-16-25(17-37-23)14-34-22(35-15-25)8-4-12-26-2/h19,22-23,26H,3-17H2,1-2H3,(H,27,33)(H,28,30)(H,31,32). The highest BCUT2D eigenvalue weighted by Gasteiger charge is 2.41. The fourth-order valence-corrected chi connectivity index (χ4v) is 4.09. The summed E-state index contributed by atoms with van der Waals surface area (Å²) < 4.78 is 23.5. The Kier molecular flexibility index (Phi) is 14.0. The van der Waals surface area contributed by atoms with Gasteiger partial charge in [-0.05, 0) is 52.6 Å². The van der Waals surface area contributed by atoms with Crippen LogP contribution in [-0.2, 0) is 38.1 Å². The Bertz CT molecular complexity index is 731. The van der Waals surface area contributed by atoms with Crippen molar-refractivity contribution in [3.8, 4) is 0 Å². The maximum atomic E-state index is 12.6. The molecule has 2 amide bonds. The van der Waals surface area contributed by atoms with Crippen molar-refractivity contribution in [3.05, 3.63) is 0 Å². The van der Waals surface area contributed by atoms with Crippen LogP contribution in [0.4, 0.5) is 0 Å². The second-order valence-electron chi connectivity index (χ2n) is 9.89. The largest absolute Gasteiger partial charge is 0.481 e. The number of nitrogens with one attached hydrogen (secondary N) is 3. The van der Waals surface area contributed by atoms with Crippen LogP contribution in [0.15, 0.2) is 0 Å². The predicted molar refractivity (Wildman–Crippen MR) is 133 cm³/mol. The van der Waals surface area contributed by atoms with Crippen molar-refractivity contribution in [1.82, 2.24) is 16.0 Å². The van der Waals surface area contributed by atoms with Gasteiger partial charge in [0.15, 0.2) is 12.6 Å². The van der Waals surface area contributed by atoms with Gasteiger partial charge in [0.2, 0.25) is 11.8 Å². The first kappa shape index (κ1) is 31.1. The Morgan fingerprint density at radius 1 is 0.865 bits per heavy atom. The Hall–Kier alpha value is -2.12. The van der Waals surface area contributed by atoms with E-state index in [2.05, 4.69) is 16.0 Å². The van der Waals surface area contributed by atoms with E-state index in [1.165, 1.54) is 6.92 Å². The van der Waals surface area contributed by atoms with E-state index < -0.39 is 17.9 Å². The number of aliphatic carboxylic acids is 1. The minimum atomic E-state index is -0.982. The lowest BCUT2D eigenvalue weighted by Crippen LogP contribution is -2.52. The normalized spacial score (nSPS) is 24.4. The van der Waals surface area contributed by atoms with Crippen molar-refractivity contribution >= 4 is 23.6 Å². The van der Waals surface area contributed by atoms with E-state index in [0.717, 1.165) is 19.4 Å². The zero-order chi connectivity index (χ0) is 27.1. The summed E-state index contributed by atoms with van der Waals surface area (Å²) in [5.74, 6) is -1.86. The molecule has 37 heavy (non-hydrogen) atoms. The maximum Gasteiger partial charge on any atom is 0.303 e. The molecule has 2 heterocycles. The van der Waals surface area contributed by atoms with Crippen molar-refractivity contribution in [2.24, 2.45) is 5.41 Å². The topological polar surface area (TPSA) is 162 Å². The molecule has 0 radical (unpaired) electrons. The molecule has 0 aliphatic carbocycles. The molecule has 0 saturated carbocycles. The quantitative estimate of drug-likeness (QED) is 0.198. The molecule has 1 spiro atoms. The zero-order valence-electron chi connectivity index (χ0n) is 22.1. The molecular weight excluding hydrogens is 486 g/mol. The third-order valence-electron chi connectivity index (χ3n) is 6.32. The summed E-state index contributed by atoms with van der Waals surface area (Å²) >= 11 is 0. The van der Waals surface area contributed by atoms with E-state index in [1.807, 2.05) is 7.05 Å². The number of ketones is 1. The number of Topliss-reactive ketones (excluding diaryl/α,β-unsaturated/α-hetero) is 1. The van der Waals surface area contributed by atoms with Crippen LogP contribution in [0.2, 0.25) is 0 Å². The Labute approximate surface area is 218 Å². The van der Waals surface area contributed by atoms with Gasteiger partial charge in [0, 0.05) is 32.2 Å². The van der Waals surface area contributed by atoms with Crippen LogP contribution in [0.3, 0.4) is 0 Å². The van der Waals surface area contributed by atoms with E-state index in [-0.39, 0.29) is 61.8 Å². The molecule has 2 aliphatic heterocycles. The van der Waals surface area contributed by atoms with Crippen LogP contribution in [0.5, 0.6) is 0 Å². The summed E-state index contributed by atoms with van der Waals surface area (Å²) in [6.45, 7) is 4.73. The average molecular weight is 530 g/mol. The molecule has 12 heteroatoms. The Morgan fingerprint density at radius 2 is 1.43 bits per heavy atom. The third kappa shape index (κ3) is 12.3. The molecule has 0 bridgehead atoms. The number of carbonyl (C=O) groups excluding carboxylic acids is 3. The Morgan fingerprint density at radius 3 is 1.95 bits per heavy atom. The van der Waals surface area contributed by atoms with Crippen LogP contribution in [-0.4, -0.2) is 93.9 Å². The summed E-state index contributed by atoms with van der Waals surface area (Å²) in [4.78, 5) is 46.7. The van der Waals surface area contributed by atoms with E-state index in [4.69, 9.17) is 24.1 Å². The van der Waals surface area contributed by atoms with Gasteiger partial charge >= 0.3 is 5.97 Å². The number of carboxylic acids is 1. The maximum absolute atomic E-state index is 12.6. The molecule has 2 rings (SSSR count). The van der Waals surface area contributed by atoms with Gasteiger partial charge in [-0.15, -0.1) is 0 Å². The molecule has 2 saturated heterocycles. The van der Waals surface area contributed by atoms with Crippen LogP contribution >= 0.6 is 0 Å². The molecule has 1 unspecified atom stereocenters. The summed E-state index contributed by atoms with van der Waals surface area (Å²) in [5, 5.41) is 17.2. The smallest absolute Gasteiger partial charge is 0.303 e. The van der Waals surface area contributed by atoms with Gasteiger partial charge in [0.05, 0.1) is 31.8 Å². The SMILES string of the molecule is CNCCCC1OCC2(CO1)COC(CCCNC(=O)C(CCC(C)=O)NC(=O)CCCC(=O)O)OC2. The van der Waals surface area contributed by atoms with E-state index >= 15 is 0 Å². The van der Waals surface area contributed by atoms with Gasteiger partial charge < -0.3 is 44.8 Å². The van der Waals surface area contributed by atoms with Crippen LogP contribution in [0.25, 0.3) is 0 Å². The van der Waals surface area contributed by atoms with Gasteiger partial charge in [-0.1, -0.05) is 0 Å². The number of hydrogen-bond acceptors (Lipinski definition) is 9. The first-order valence-electron chi connectivity index (χ1n) is 13.1. The zero-order valence-corrected chi connectivity index (χ0v) is 22.1. The van der Waals surface area contributed by atoms with Gasteiger partial charge in [-0.25, -0.2) is 0 Å². The molecule has 12 nitrogen and oxygen atoms in total.